The fraction of sp³-hybridized carbons (Fsp3) is 0.0345. The van der Waals surface area contributed by atoms with Crippen LogP contribution >= 0.6 is 0 Å². The number of aryl methyl sites for hydroxylation is 1. The highest BCUT2D eigenvalue weighted by atomic mass is 19.1. The first kappa shape index (κ1) is 24.6. The summed E-state index contributed by atoms with van der Waals surface area (Å²) in [5, 5.41) is 3.43. The molecule has 6 rings (SSSR count). The van der Waals surface area contributed by atoms with Crippen molar-refractivity contribution in [2.45, 2.75) is 0 Å². The van der Waals surface area contributed by atoms with Crippen LogP contribution in [0.2, 0.25) is 0 Å². The van der Waals surface area contributed by atoms with Crippen molar-refractivity contribution >= 4 is 28.3 Å². The number of nitrogens with one attached hydrogen (secondary N) is 2. The van der Waals surface area contributed by atoms with E-state index in [4.69, 9.17) is 10.5 Å². The normalized spacial score (nSPS) is 11.1. The van der Waals surface area contributed by atoms with Gasteiger partial charge in [0.1, 0.15) is 29.1 Å². The molecule has 3 aromatic heterocycles. The van der Waals surface area contributed by atoms with Crippen molar-refractivity contribution < 1.29 is 13.9 Å². The maximum atomic E-state index is 13.3. The Balaban J connectivity index is 1.22. The Bertz CT molecular complexity index is 1920. The van der Waals surface area contributed by atoms with E-state index < -0.39 is 17.3 Å². The molecular formula is C29H22FN7O3. The molecule has 0 fully saturated rings. The molecule has 198 valence electrons. The van der Waals surface area contributed by atoms with E-state index >= 15 is 0 Å². The fourth-order valence-corrected chi connectivity index (χ4v) is 4.46. The van der Waals surface area contributed by atoms with Gasteiger partial charge in [-0.15, -0.1) is 0 Å². The highest BCUT2D eigenvalue weighted by molar-refractivity contribution is 6.04. The van der Waals surface area contributed by atoms with Gasteiger partial charge in [-0.1, -0.05) is 12.1 Å². The average molecular weight is 536 g/mol. The van der Waals surface area contributed by atoms with E-state index in [9.17, 15) is 14.0 Å². The number of rotatable bonds is 6. The Morgan fingerprint density at radius 1 is 1.05 bits per heavy atom. The average Bonchev–Trinajstić information content (AvgIpc) is 3.51. The van der Waals surface area contributed by atoms with Crippen LogP contribution in [0, 0.1) is 5.82 Å². The van der Waals surface area contributed by atoms with Gasteiger partial charge >= 0.3 is 0 Å². The second-order valence-electron chi connectivity index (χ2n) is 9.02. The summed E-state index contributed by atoms with van der Waals surface area (Å²) in [4.78, 5) is 37.6. The number of hydrogen-bond donors (Lipinski definition) is 3. The van der Waals surface area contributed by atoms with Gasteiger partial charge in [-0.25, -0.2) is 19.0 Å². The maximum Gasteiger partial charge on any atom is 0.284 e. The minimum atomic E-state index is -0.577. The quantitative estimate of drug-likeness (QED) is 0.260. The van der Waals surface area contributed by atoms with Crippen molar-refractivity contribution in [3.8, 4) is 28.4 Å². The van der Waals surface area contributed by atoms with E-state index in [2.05, 4.69) is 20.3 Å². The van der Waals surface area contributed by atoms with Gasteiger partial charge in [0.15, 0.2) is 0 Å². The number of anilines is 2. The van der Waals surface area contributed by atoms with Crippen LogP contribution in [0.5, 0.6) is 11.6 Å². The zero-order chi connectivity index (χ0) is 27.8. The van der Waals surface area contributed by atoms with Crippen LogP contribution in [0.1, 0.15) is 10.4 Å². The lowest BCUT2D eigenvalue weighted by Crippen LogP contribution is -2.25. The summed E-state index contributed by atoms with van der Waals surface area (Å²) in [6.45, 7) is 0. The predicted molar refractivity (Wildman–Crippen MR) is 149 cm³/mol. The number of aromatic amines is 1. The second kappa shape index (κ2) is 9.87. The summed E-state index contributed by atoms with van der Waals surface area (Å²) in [7, 11) is 1.63. The fourth-order valence-electron chi connectivity index (χ4n) is 4.46. The lowest BCUT2D eigenvalue weighted by Gasteiger charge is -2.09. The third-order valence-corrected chi connectivity index (χ3v) is 6.33. The van der Waals surface area contributed by atoms with Gasteiger partial charge in [-0.2, -0.15) is 0 Å². The monoisotopic (exact) mass is 535 g/mol. The van der Waals surface area contributed by atoms with Gasteiger partial charge < -0.3 is 20.8 Å². The SMILES string of the molecule is Cn1cc(C(=O)Nc2ccc(Oc3ncnc4[nH]cc(-c5cccc(N)c5)c34)cc2)c(=O)n1-c1ccc(F)cc1. The smallest absolute Gasteiger partial charge is 0.284 e. The van der Waals surface area contributed by atoms with E-state index in [1.807, 2.05) is 30.5 Å². The molecular weight excluding hydrogens is 513 g/mol. The Hall–Kier alpha value is -5.71. The molecule has 3 heterocycles. The van der Waals surface area contributed by atoms with Crippen LogP contribution in [0.3, 0.4) is 0 Å². The van der Waals surface area contributed by atoms with E-state index in [0.717, 1.165) is 11.1 Å². The molecule has 0 unspecified atom stereocenters. The van der Waals surface area contributed by atoms with Crippen molar-refractivity contribution in [3.63, 3.8) is 0 Å². The van der Waals surface area contributed by atoms with Gasteiger partial charge in [0.2, 0.25) is 5.88 Å². The molecule has 11 heteroatoms. The van der Waals surface area contributed by atoms with Crippen LogP contribution in [0.25, 0.3) is 27.8 Å². The Morgan fingerprint density at radius 2 is 1.82 bits per heavy atom. The van der Waals surface area contributed by atoms with Gasteiger partial charge in [-0.3, -0.25) is 14.3 Å². The van der Waals surface area contributed by atoms with E-state index in [-0.39, 0.29) is 5.56 Å². The first-order chi connectivity index (χ1) is 19.4. The molecule has 0 radical (unpaired) electrons. The highest BCUT2D eigenvalue weighted by Gasteiger charge is 2.19. The summed E-state index contributed by atoms with van der Waals surface area (Å²) in [6.07, 6.45) is 4.66. The molecule has 0 aliphatic carbocycles. The minimum Gasteiger partial charge on any atom is -0.438 e. The topological polar surface area (TPSA) is 133 Å². The number of ether oxygens (including phenoxy) is 1. The van der Waals surface area contributed by atoms with Crippen molar-refractivity contribution in [2.75, 3.05) is 11.1 Å². The van der Waals surface area contributed by atoms with Crippen molar-refractivity contribution in [1.82, 2.24) is 24.3 Å². The molecule has 0 aliphatic rings. The number of amides is 1. The summed E-state index contributed by atoms with van der Waals surface area (Å²) in [5.41, 5.74) is 9.27. The first-order valence-electron chi connectivity index (χ1n) is 12.2. The number of carbonyl (C=O) groups is 1. The Morgan fingerprint density at radius 3 is 2.58 bits per heavy atom. The molecule has 10 nitrogen and oxygen atoms in total. The number of nitrogens with two attached hydrogens (primary N) is 1. The second-order valence-corrected chi connectivity index (χ2v) is 9.02. The summed E-state index contributed by atoms with van der Waals surface area (Å²) in [5.74, 6) is -0.163. The number of carbonyl (C=O) groups excluding carboxylic acids is 1. The lowest BCUT2D eigenvalue weighted by molar-refractivity contribution is 0.102. The van der Waals surface area contributed by atoms with Gasteiger partial charge in [0, 0.05) is 36.4 Å². The molecule has 0 saturated carbocycles. The number of nitrogen functional groups attached to an aromatic ring is 1. The summed E-state index contributed by atoms with van der Waals surface area (Å²) in [6, 6.07) is 19.6. The number of nitrogens with zero attached hydrogens (tertiary/aromatic N) is 4. The van der Waals surface area contributed by atoms with Crippen LogP contribution in [-0.4, -0.2) is 30.2 Å². The number of aromatic nitrogens is 5. The maximum absolute atomic E-state index is 13.3. The van der Waals surface area contributed by atoms with Crippen molar-refractivity contribution in [1.29, 1.82) is 0 Å². The largest absolute Gasteiger partial charge is 0.438 e. The van der Waals surface area contributed by atoms with Crippen molar-refractivity contribution in [2.24, 2.45) is 7.05 Å². The zero-order valence-electron chi connectivity index (χ0n) is 21.1. The van der Waals surface area contributed by atoms with Crippen LogP contribution in [-0.2, 0) is 7.05 Å². The number of halogens is 1. The molecule has 4 N–H and O–H groups in total. The lowest BCUT2D eigenvalue weighted by atomic mass is 10.1. The third-order valence-electron chi connectivity index (χ3n) is 6.33. The third kappa shape index (κ3) is 4.56. The first-order valence-corrected chi connectivity index (χ1v) is 12.2. The summed E-state index contributed by atoms with van der Waals surface area (Å²) >= 11 is 0. The molecule has 0 atom stereocenters. The van der Waals surface area contributed by atoms with Crippen molar-refractivity contribution in [3.05, 3.63) is 113 Å². The molecule has 1 amide bonds. The number of hydrogen-bond acceptors (Lipinski definition) is 6. The van der Waals surface area contributed by atoms with Gasteiger partial charge in [0.25, 0.3) is 11.5 Å². The molecule has 6 aromatic rings. The van der Waals surface area contributed by atoms with E-state index in [0.29, 0.717) is 39.7 Å². The molecule has 0 aliphatic heterocycles. The summed E-state index contributed by atoms with van der Waals surface area (Å²) < 4.78 is 22.1. The minimum absolute atomic E-state index is 0.0583. The van der Waals surface area contributed by atoms with E-state index in [1.54, 1.807) is 31.3 Å². The van der Waals surface area contributed by atoms with E-state index in [1.165, 1.54) is 46.2 Å². The Kier molecular flexibility index (Phi) is 6.08. The number of fused-ring (bicyclic) bond motifs is 1. The molecule has 40 heavy (non-hydrogen) atoms. The molecule has 3 aromatic carbocycles. The number of benzene rings is 3. The molecule has 0 bridgehead atoms. The standard InChI is InChI=1S/C29H22FN7O3/c1-36-15-24(29(39)37(36)21-9-5-18(30)6-10-21)27(38)35-20-7-11-22(12-8-20)40-28-25-23(14-32-26(25)33-16-34-28)17-3-2-4-19(31)13-17/h2-16H,31H2,1H3,(H,35,38)(H,32,33,34). The molecule has 0 spiro atoms. The Labute approximate surface area is 226 Å². The molecule has 0 saturated heterocycles. The van der Waals surface area contributed by atoms with Crippen LogP contribution in [0.15, 0.2) is 96.3 Å². The van der Waals surface area contributed by atoms with Gasteiger partial charge in [0.05, 0.1) is 11.1 Å². The zero-order valence-corrected chi connectivity index (χ0v) is 21.1. The highest BCUT2D eigenvalue weighted by Crippen LogP contribution is 2.35. The van der Waals surface area contributed by atoms with Crippen LogP contribution in [0.4, 0.5) is 15.8 Å². The van der Waals surface area contributed by atoms with Crippen LogP contribution < -0.4 is 21.3 Å². The van der Waals surface area contributed by atoms with Gasteiger partial charge in [-0.05, 0) is 66.2 Å². The predicted octanol–water partition coefficient (Wildman–Crippen LogP) is 4.88. The number of H-pyrrole nitrogens is 1.